The van der Waals surface area contributed by atoms with Gasteiger partial charge in [0.05, 0.1) is 5.69 Å². The highest BCUT2D eigenvalue weighted by atomic mass is 32.2. The molecular formula is C16H18N2O3S. The second-order valence-electron chi connectivity index (χ2n) is 5.53. The van der Waals surface area contributed by atoms with Crippen molar-refractivity contribution in [1.29, 1.82) is 0 Å². The standard InChI is InChI=1S/C16H18N2O3S/c19-14(17-9-5-2-6-10-17)11-13-15(20)18(16(21)22-13)12-7-3-1-4-8-12/h1,3-4,7-8,13H,2,5-6,9-11H2. The summed E-state index contributed by atoms with van der Waals surface area (Å²) in [5.74, 6) is -0.306. The Kier molecular flexibility index (Phi) is 4.47. The molecule has 2 fully saturated rings. The van der Waals surface area contributed by atoms with E-state index in [2.05, 4.69) is 0 Å². The van der Waals surface area contributed by atoms with E-state index in [1.54, 1.807) is 24.3 Å². The molecule has 116 valence electrons. The smallest absolute Gasteiger partial charge is 0.293 e. The summed E-state index contributed by atoms with van der Waals surface area (Å²) in [5, 5.41) is -0.894. The quantitative estimate of drug-likeness (QED) is 0.860. The topological polar surface area (TPSA) is 57.7 Å². The summed E-state index contributed by atoms with van der Waals surface area (Å²) >= 11 is 0.959. The minimum atomic E-state index is -0.595. The SMILES string of the molecule is O=C(CC1SC(=O)N(c2ccccc2)C1=O)N1CCCCC1. The Balaban J connectivity index is 1.67. The van der Waals surface area contributed by atoms with E-state index in [-0.39, 0.29) is 23.5 Å². The number of thioether (sulfide) groups is 1. The Morgan fingerprint density at radius 1 is 1.09 bits per heavy atom. The normalized spacial score (nSPS) is 22.3. The van der Waals surface area contributed by atoms with Crippen molar-refractivity contribution < 1.29 is 14.4 Å². The van der Waals surface area contributed by atoms with Gasteiger partial charge in [-0.1, -0.05) is 18.2 Å². The first-order valence-electron chi connectivity index (χ1n) is 7.54. The number of benzene rings is 1. The van der Waals surface area contributed by atoms with Crippen LogP contribution in [0.3, 0.4) is 0 Å². The van der Waals surface area contributed by atoms with Crippen LogP contribution in [0, 0.1) is 0 Å². The van der Waals surface area contributed by atoms with Crippen molar-refractivity contribution in [2.45, 2.75) is 30.9 Å². The van der Waals surface area contributed by atoms with Crippen LogP contribution < -0.4 is 4.90 Å². The third-order valence-corrected chi connectivity index (χ3v) is 5.04. The molecule has 0 N–H and O–H groups in total. The second-order valence-corrected chi connectivity index (χ2v) is 6.68. The lowest BCUT2D eigenvalue weighted by Gasteiger charge is -2.27. The summed E-state index contributed by atoms with van der Waals surface area (Å²) in [7, 11) is 0. The number of hydrogen-bond donors (Lipinski definition) is 0. The van der Waals surface area contributed by atoms with E-state index in [0.717, 1.165) is 44.1 Å². The Morgan fingerprint density at radius 2 is 1.77 bits per heavy atom. The number of hydrogen-bond acceptors (Lipinski definition) is 4. The van der Waals surface area contributed by atoms with Crippen LogP contribution in [-0.4, -0.2) is 40.3 Å². The maximum atomic E-state index is 12.4. The number of rotatable bonds is 3. The predicted octanol–water partition coefficient (Wildman–Crippen LogP) is 2.66. The molecule has 0 bridgehead atoms. The Morgan fingerprint density at radius 3 is 2.45 bits per heavy atom. The van der Waals surface area contributed by atoms with Gasteiger partial charge in [0.2, 0.25) is 11.8 Å². The van der Waals surface area contributed by atoms with Crippen molar-refractivity contribution in [2.24, 2.45) is 0 Å². The number of piperidine rings is 1. The van der Waals surface area contributed by atoms with Gasteiger partial charge < -0.3 is 4.90 Å². The maximum absolute atomic E-state index is 12.4. The number of carbonyl (C=O) groups excluding carboxylic acids is 3. The molecule has 1 atom stereocenters. The molecule has 2 saturated heterocycles. The number of amides is 3. The summed E-state index contributed by atoms with van der Waals surface area (Å²) in [6, 6.07) is 8.86. The molecule has 2 aliphatic rings. The van der Waals surface area contributed by atoms with Gasteiger partial charge in [0.25, 0.3) is 5.24 Å². The minimum Gasteiger partial charge on any atom is -0.343 e. The monoisotopic (exact) mass is 318 g/mol. The zero-order valence-corrected chi connectivity index (χ0v) is 13.1. The van der Waals surface area contributed by atoms with Crippen LogP contribution in [0.1, 0.15) is 25.7 Å². The lowest BCUT2D eigenvalue weighted by molar-refractivity contribution is -0.133. The van der Waals surface area contributed by atoms with Gasteiger partial charge in [0.1, 0.15) is 5.25 Å². The highest BCUT2D eigenvalue weighted by molar-refractivity contribution is 8.15. The zero-order chi connectivity index (χ0) is 15.5. The fraction of sp³-hybridized carbons (Fsp3) is 0.438. The van der Waals surface area contributed by atoms with E-state index in [1.807, 2.05) is 11.0 Å². The number of nitrogens with zero attached hydrogens (tertiary/aromatic N) is 2. The molecule has 2 heterocycles. The van der Waals surface area contributed by atoms with Gasteiger partial charge in [-0.3, -0.25) is 14.4 Å². The first-order valence-corrected chi connectivity index (χ1v) is 8.42. The molecule has 2 aliphatic heterocycles. The Labute approximate surface area is 133 Å². The Hall–Kier alpha value is -1.82. The lowest BCUT2D eigenvalue weighted by Crippen LogP contribution is -2.39. The first kappa shape index (κ1) is 15.1. The van der Waals surface area contributed by atoms with E-state index < -0.39 is 5.25 Å². The van der Waals surface area contributed by atoms with Crippen LogP contribution in [0.15, 0.2) is 30.3 Å². The predicted molar refractivity (Wildman–Crippen MR) is 85.8 cm³/mol. The van der Waals surface area contributed by atoms with Crippen molar-refractivity contribution in [2.75, 3.05) is 18.0 Å². The summed E-state index contributed by atoms with van der Waals surface area (Å²) in [4.78, 5) is 39.8. The number of likely N-dealkylation sites (tertiary alicyclic amines) is 1. The van der Waals surface area contributed by atoms with E-state index in [9.17, 15) is 14.4 Å². The van der Waals surface area contributed by atoms with Gasteiger partial charge >= 0.3 is 0 Å². The van der Waals surface area contributed by atoms with Gasteiger partial charge in [-0.2, -0.15) is 0 Å². The third kappa shape index (κ3) is 3.02. The lowest BCUT2D eigenvalue weighted by atomic mass is 10.1. The van der Waals surface area contributed by atoms with Crippen molar-refractivity contribution in [3.63, 3.8) is 0 Å². The van der Waals surface area contributed by atoms with E-state index >= 15 is 0 Å². The van der Waals surface area contributed by atoms with Gasteiger partial charge in [-0.25, -0.2) is 4.90 Å². The number of para-hydroxylation sites is 1. The molecule has 1 unspecified atom stereocenters. The molecule has 0 spiro atoms. The average molecular weight is 318 g/mol. The molecule has 1 aromatic carbocycles. The molecule has 0 radical (unpaired) electrons. The minimum absolute atomic E-state index is 0.0201. The molecule has 0 aliphatic carbocycles. The van der Waals surface area contributed by atoms with E-state index in [0.29, 0.717) is 5.69 Å². The average Bonchev–Trinajstić information content (AvgIpc) is 2.83. The highest BCUT2D eigenvalue weighted by Gasteiger charge is 2.42. The van der Waals surface area contributed by atoms with Crippen LogP contribution in [0.25, 0.3) is 0 Å². The molecule has 5 nitrogen and oxygen atoms in total. The van der Waals surface area contributed by atoms with E-state index in [1.165, 1.54) is 4.90 Å². The summed E-state index contributed by atoms with van der Waals surface area (Å²) < 4.78 is 0. The first-order chi connectivity index (χ1) is 10.7. The molecule has 0 aromatic heterocycles. The zero-order valence-electron chi connectivity index (χ0n) is 12.2. The van der Waals surface area contributed by atoms with Crippen LogP contribution in [0.4, 0.5) is 10.5 Å². The molecule has 0 saturated carbocycles. The maximum Gasteiger partial charge on any atom is 0.293 e. The van der Waals surface area contributed by atoms with Gasteiger partial charge in [0.15, 0.2) is 0 Å². The van der Waals surface area contributed by atoms with E-state index in [4.69, 9.17) is 0 Å². The molecule has 6 heteroatoms. The fourth-order valence-corrected chi connectivity index (χ4v) is 3.80. The number of carbonyl (C=O) groups is 3. The Bertz CT molecular complexity index is 584. The fourth-order valence-electron chi connectivity index (χ4n) is 2.83. The molecule has 1 aromatic rings. The summed E-state index contributed by atoms with van der Waals surface area (Å²) in [6.45, 7) is 1.53. The molecular weight excluding hydrogens is 300 g/mol. The van der Waals surface area contributed by atoms with Crippen molar-refractivity contribution in [1.82, 2.24) is 4.90 Å². The summed E-state index contributed by atoms with van der Waals surface area (Å²) in [6.07, 6.45) is 3.30. The van der Waals surface area contributed by atoms with Crippen LogP contribution in [0.5, 0.6) is 0 Å². The molecule has 22 heavy (non-hydrogen) atoms. The van der Waals surface area contributed by atoms with Crippen molar-refractivity contribution in [3.8, 4) is 0 Å². The third-order valence-electron chi connectivity index (χ3n) is 4.00. The summed E-state index contributed by atoms with van der Waals surface area (Å²) in [5.41, 5.74) is 0.568. The van der Waals surface area contributed by atoms with Crippen molar-refractivity contribution in [3.05, 3.63) is 30.3 Å². The van der Waals surface area contributed by atoms with Crippen LogP contribution >= 0.6 is 11.8 Å². The van der Waals surface area contributed by atoms with Crippen LogP contribution in [0.2, 0.25) is 0 Å². The van der Waals surface area contributed by atoms with Gasteiger partial charge in [-0.15, -0.1) is 0 Å². The number of anilines is 1. The molecule has 3 amide bonds. The number of imide groups is 1. The second kappa shape index (κ2) is 6.52. The van der Waals surface area contributed by atoms with Crippen molar-refractivity contribution >= 4 is 34.5 Å². The highest BCUT2D eigenvalue weighted by Crippen LogP contribution is 2.33. The van der Waals surface area contributed by atoms with Gasteiger partial charge in [0, 0.05) is 19.5 Å². The van der Waals surface area contributed by atoms with Gasteiger partial charge in [-0.05, 0) is 43.2 Å². The molecule has 3 rings (SSSR count). The largest absolute Gasteiger partial charge is 0.343 e. The van der Waals surface area contributed by atoms with Crippen LogP contribution in [-0.2, 0) is 9.59 Å².